The van der Waals surface area contributed by atoms with Crippen molar-refractivity contribution < 1.29 is 22.7 Å². The number of ether oxygens (including phenoxy) is 2. The molecule has 2 heterocycles. The first-order valence-corrected chi connectivity index (χ1v) is 10.0. The molecule has 0 fully saturated rings. The Balaban J connectivity index is 1.89. The molecule has 0 saturated carbocycles. The number of ketones is 1. The Bertz CT molecular complexity index is 865. The number of rotatable bonds is 4. The van der Waals surface area contributed by atoms with Crippen molar-refractivity contribution in [3.05, 3.63) is 33.2 Å². The largest absolute Gasteiger partial charge is 0.454 e. The maximum absolute atomic E-state index is 12.6. The molecule has 0 aliphatic carbocycles. The van der Waals surface area contributed by atoms with Crippen molar-refractivity contribution in [2.45, 2.75) is 25.0 Å². The molecule has 0 radical (unpaired) electrons. The third-order valence-electron chi connectivity index (χ3n) is 4.22. The fraction of sp³-hybridized carbons (Fsp3) is 0.400. The highest BCUT2D eigenvalue weighted by Crippen LogP contribution is 2.45. The minimum absolute atomic E-state index is 0.00148. The van der Waals surface area contributed by atoms with Crippen LogP contribution in [0, 0.1) is 6.92 Å². The molecule has 1 unspecified atom stereocenters. The fourth-order valence-electron chi connectivity index (χ4n) is 2.52. The Hall–Kier alpha value is -1.22. The van der Waals surface area contributed by atoms with E-state index in [2.05, 4.69) is 0 Å². The molecule has 0 spiro atoms. The Kier molecular flexibility index (Phi) is 4.36. The van der Waals surface area contributed by atoms with Crippen LogP contribution in [-0.2, 0) is 21.2 Å². The van der Waals surface area contributed by atoms with Crippen molar-refractivity contribution in [2.75, 3.05) is 12.5 Å². The Labute approximate surface area is 149 Å². The maximum atomic E-state index is 12.6. The van der Waals surface area contributed by atoms with Gasteiger partial charge in [-0.1, -0.05) is 11.6 Å². The first-order chi connectivity index (χ1) is 11.1. The molecule has 0 amide bonds. The molecule has 2 N–H and O–H groups in total. The van der Waals surface area contributed by atoms with Gasteiger partial charge in [-0.05, 0) is 37.1 Å². The second-order valence-electron chi connectivity index (χ2n) is 5.94. The first kappa shape index (κ1) is 17.6. The van der Waals surface area contributed by atoms with E-state index in [1.54, 1.807) is 6.07 Å². The average Bonchev–Trinajstić information content (AvgIpc) is 3.04. The summed E-state index contributed by atoms with van der Waals surface area (Å²) in [5, 5.41) is 5.26. The monoisotopic (exact) mass is 389 g/mol. The molecule has 130 valence electrons. The van der Waals surface area contributed by atoms with E-state index >= 15 is 0 Å². The van der Waals surface area contributed by atoms with Crippen LogP contribution in [0.25, 0.3) is 0 Å². The lowest BCUT2D eigenvalue weighted by atomic mass is 10.0. The number of hydrogen-bond donors (Lipinski definition) is 1. The normalized spacial score (nSPS) is 23.0. The van der Waals surface area contributed by atoms with Gasteiger partial charge in [0.25, 0.3) is 0 Å². The molecule has 1 atom stereocenters. The van der Waals surface area contributed by atoms with Crippen molar-refractivity contribution >= 4 is 39.2 Å². The van der Waals surface area contributed by atoms with Gasteiger partial charge in [0.1, 0.15) is 4.75 Å². The molecular weight excluding hydrogens is 374 g/mol. The summed E-state index contributed by atoms with van der Waals surface area (Å²) >= 11 is 7.32. The summed E-state index contributed by atoms with van der Waals surface area (Å²) in [7, 11) is -3.91. The molecule has 2 aliphatic heterocycles. The Morgan fingerprint density at radius 3 is 2.58 bits per heavy atom. The standard InChI is InChI=1S/C15H16ClNO5S2/c1-8-3-11-12(22-7-21-11)5-9(8)4-10(18)13-14(16)15(2,6-23-13)24(17,19)20/h3,5H,4,6-7H2,1-2H3,(H2,17,19,20). The number of fused-ring (bicyclic) bond motifs is 1. The van der Waals surface area contributed by atoms with E-state index in [1.165, 1.54) is 6.92 Å². The summed E-state index contributed by atoms with van der Waals surface area (Å²) in [5.41, 5.74) is 1.67. The third kappa shape index (κ3) is 2.81. The molecule has 1 aromatic rings. The number of sulfonamides is 1. The van der Waals surface area contributed by atoms with Crippen LogP contribution in [-0.4, -0.2) is 31.5 Å². The van der Waals surface area contributed by atoms with Crippen molar-refractivity contribution in [2.24, 2.45) is 5.14 Å². The van der Waals surface area contributed by atoms with Gasteiger partial charge >= 0.3 is 0 Å². The van der Waals surface area contributed by atoms with Crippen LogP contribution in [0.5, 0.6) is 11.5 Å². The van der Waals surface area contributed by atoms with E-state index in [0.717, 1.165) is 22.9 Å². The average molecular weight is 390 g/mol. The van der Waals surface area contributed by atoms with Crippen molar-refractivity contribution in [3.63, 3.8) is 0 Å². The van der Waals surface area contributed by atoms with Gasteiger partial charge in [0, 0.05) is 12.2 Å². The van der Waals surface area contributed by atoms with Gasteiger partial charge in [-0.15, -0.1) is 11.8 Å². The van der Waals surface area contributed by atoms with Crippen LogP contribution in [0.1, 0.15) is 18.1 Å². The second kappa shape index (κ2) is 5.94. The number of thioether (sulfide) groups is 1. The van der Waals surface area contributed by atoms with Crippen molar-refractivity contribution in [1.82, 2.24) is 0 Å². The summed E-state index contributed by atoms with van der Waals surface area (Å²) in [5.74, 6) is 1.14. The molecule has 2 aliphatic rings. The number of benzene rings is 1. The lowest BCUT2D eigenvalue weighted by Crippen LogP contribution is -2.41. The van der Waals surface area contributed by atoms with Gasteiger partial charge in [0.15, 0.2) is 17.3 Å². The van der Waals surface area contributed by atoms with Gasteiger partial charge in [-0.2, -0.15) is 0 Å². The number of carbonyl (C=O) groups excluding carboxylic acids is 1. The summed E-state index contributed by atoms with van der Waals surface area (Å²) in [6.45, 7) is 3.46. The number of hydrogen-bond acceptors (Lipinski definition) is 6. The van der Waals surface area contributed by atoms with E-state index < -0.39 is 14.8 Å². The first-order valence-electron chi connectivity index (χ1n) is 7.11. The van der Waals surface area contributed by atoms with E-state index in [1.807, 2.05) is 13.0 Å². The molecule has 0 saturated heterocycles. The van der Waals surface area contributed by atoms with Crippen LogP contribution in [0.3, 0.4) is 0 Å². The van der Waals surface area contributed by atoms with Gasteiger partial charge in [0.2, 0.25) is 16.8 Å². The number of carbonyl (C=O) groups is 1. The van der Waals surface area contributed by atoms with Crippen LogP contribution >= 0.6 is 23.4 Å². The van der Waals surface area contributed by atoms with Gasteiger partial charge in [0.05, 0.1) is 9.94 Å². The zero-order valence-corrected chi connectivity index (χ0v) is 15.5. The summed E-state index contributed by atoms with van der Waals surface area (Å²) in [6, 6.07) is 3.58. The molecular formula is C15H16ClNO5S2. The van der Waals surface area contributed by atoms with Crippen LogP contribution in [0.15, 0.2) is 22.1 Å². The number of primary sulfonamides is 1. The van der Waals surface area contributed by atoms with Gasteiger partial charge < -0.3 is 9.47 Å². The summed E-state index contributed by atoms with van der Waals surface area (Å²) in [6.07, 6.45) is 0.0989. The Morgan fingerprint density at radius 2 is 2.00 bits per heavy atom. The predicted octanol–water partition coefficient (Wildman–Crippen LogP) is 2.08. The highest BCUT2D eigenvalue weighted by atomic mass is 35.5. The summed E-state index contributed by atoms with van der Waals surface area (Å²) < 4.78 is 32.8. The van der Waals surface area contributed by atoms with Gasteiger partial charge in [-0.3, -0.25) is 4.79 Å². The highest BCUT2D eigenvalue weighted by molar-refractivity contribution is 8.05. The molecule has 0 bridgehead atoms. The number of allylic oxidation sites excluding steroid dienone is 1. The third-order valence-corrected chi connectivity index (χ3v) is 8.28. The lowest BCUT2D eigenvalue weighted by Gasteiger charge is -2.20. The SMILES string of the molecule is Cc1cc2c(cc1CC(=O)C1=C(Cl)C(C)(S(N)(=O)=O)CS1)OCO2. The minimum atomic E-state index is -3.91. The summed E-state index contributed by atoms with van der Waals surface area (Å²) in [4.78, 5) is 12.9. The topological polar surface area (TPSA) is 95.7 Å². The zero-order valence-electron chi connectivity index (χ0n) is 13.1. The Morgan fingerprint density at radius 1 is 1.38 bits per heavy atom. The number of nitrogens with two attached hydrogens (primary N) is 1. The molecule has 24 heavy (non-hydrogen) atoms. The van der Waals surface area contributed by atoms with Crippen LogP contribution < -0.4 is 14.6 Å². The van der Waals surface area contributed by atoms with E-state index in [0.29, 0.717) is 11.5 Å². The molecule has 3 rings (SSSR count). The second-order valence-corrected chi connectivity index (χ2v) is 9.29. The maximum Gasteiger partial charge on any atom is 0.231 e. The minimum Gasteiger partial charge on any atom is -0.454 e. The molecule has 9 heteroatoms. The van der Waals surface area contributed by atoms with E-state index in [4.69, 9.17) is 26.2 Å². The zero-order chi connectivity index (χ0) is 17.7. The molecule has 1 aromatic carbocycles. The highest BCUT2D eigenvalue weighted by Gasteiger charge is 2.47. The fourth-order valence-corrected chi connectivity index (χ4v) is 5.65. The predicted molar refractivity (Wildman–Crippen MR) is 92.9 cm³/mol. The quantitative estimate of drug-likeness (QED) is 0.846. The van der Waals surface area contributed by atoms with Gasteiger partial charge in [-0.25, -0.2) is 13.6 Å². The molecule has 6 nitrogen and oxygen atoms in total. The number of halogens is 1. The van der Waals surface area contributed by atoms with Crippen molar-refractivity contribution in [3.8, 4) is 11.5 Å². The number of Topliss-reactive ketones (excluding diaryl/α,β-unsaturated/α-hetero) is 1. The van der Waals surface area contributed by atoms with E-state index in [-0.39, 0.29) is 34.7 Å². The van der Waals surface area contributed by atoms with Crippen LogP contribution in [0.4, 0.5) is 0 Å². The lowest BCUT2D eigenvalue weighted by molar-refractivity contribution is -0.114. The number of aryl methyl sites for hydroxylation is 1. The smallest absolute Gasteiger partial charge is 0.231 e. The van der Waals surface area contributed by atoms with Crippen molar-refractivity contribution in [1.29, 1.82) is 0 Å². The molecule has 0 aromatic heterocycles. The van der Waals surface area contributed by atoms with Crippen LogP contribution in [0.2, 0.25) is 0 Å². The van der Waals surface area contributed by atoms with E-state index in [9.17, 15) is 13.2 Å².